The highest BCUT2D eigenvalue weighted by molar-refractivity contribution is 7.80. The Bertz CT molecular complexity index is 1250. The standard InChI is InChI=1S/C25H20ClN3O4S/c26-17-7-9-19(10-8-17)29-23(30)13-20(24(29)31)28(25(34)27-18-4-2-1-3-5-18)14-16-6-11-21-22(12-16)33-15-32-21/h1-12,20H,13-15H2,(H,27,34)/t20-/m0/s1. The van der Waals surface area contributed by atoms with E-state index in [0.29, 0.717) is 33.9 Å². The Kier molecular flexibility index (Phi) is 6.08. The number of nitrogens with one attached hydrogen (secondary N) is 1. The van der Waals surface area contributed by atoms with Gasteiger partial charge in [0.15, 0.2) is 16.6 Å². The summed E-state index contributed by atoms with van der Waals surface area (Å²) in [4.78, 5) is 29.3. The highest BCUT2D eigenvalue weighted by atomic mass is 35.5. The van der Waals surface area contributed by atoms with E-state index in [4.69, 9.17) is 33.3 Å². The highest BCUT2D eigenvalue weighted by Gasteiger charge is 2.43. The molecular weight excluding hydrogens is 474 g/mol. The minimum Gasteiger partial charge on any atom is -0.454 e. The molecule has 0 radical (unpaired) electrons. The number of rotatable bonds is 5. The largest absolute Gasteiger partial charge is 0.454 e. The highest BCUT2D eigenvalue weighted by Crippen LogP contribution is 2.34. The molecule has 9 heteroatoms. The topological polar surface area (TPSA) is 71.1 Å². The molecule has 3 aromatic carbocycles. The number of hydrogen-bond donors (Lipinski definition) is 1. The summed E-state index contributed by atoms with van der Waals surface area (Å²) in [5, 5.41) is 4.06. The van der Waals surface area contributed by atoms with Crippen molar-refractivity contribution in [2.45, 2.75) is 19.0 Å². The van der Waals surface area contributed by atoms with E-state index >= 15 is 0 Å². The molecule has 2 aliphatic heterocycles. The maximum atomic E-state index is 13.5. The predicted molar refractivity (Wildman–Crippen MR) is 133 cm³/mol. The van der Waals surface area contributed by atoms with Crippen LogP contribution in [-0.2, 0) is 16.1 Å². The van der Waals surface area contributed by atoms with E-state index in [-0.39, 0.29) is 25.0 Å². The third-order valence-electron chi connectivity index (χ3n) is 5.66. The molecule has 2 amide bonds. The number of imide groups is 1. The first-order valence-corrected chi connectivity index (χ1v) is 11.4. The van der Waals surface area contributed by atoms with Crippen molar-refractivity contribution in [2.75, 3.05) is 17.0 Å². The molecule has 2 aliphatic rings. The number of anilines is 2. The average molecular weight is 494 g/mol. The van der Waals surface area contributed by atoms with Gasteiger partial charge in [-0.1, -0.05) is 35.9 Å². The fraction of sp³-hybridized carbons (Fsp3) is 0.160. The maximum absolute atomic E-state index is 13.5. The molecule has 1 saturated heterocycles. The van der Waals surface area contributed by atoms with Crippen LogP contribution >= 0.6 is 23.8 Å². The maximum Gasteiger partial charge on any atom is 0.257 e. The van der Waals surface area contributed by atoms with Crippen molar-refractivity contribution in [3.8, 4) is 11.5 Å². The van der Waals surface area contributed by atoms with Gasteiger partial charge in [-0.3, -0.25) is 9.59 Å². The van der Waals surface area contributed by atoms with Gasteiger partial charge in [0.1, 0.15) is 6.04 Å². The summed E-state index contributed by atoms with van der Waals surface area (Å²) in [5.74, 6) is 0.665. The summed E-state index contributed by atoms with van der Waals surface area (Å²) in [7, 11) is 0. The smallest absolute Gasteiger partial charge is 0.257 e. The van der Waals surface area contributed by atoms with Crippen LogP contribution in [-0.4, -0.2) is 34.7 Å². The van der Waals surface area contributed by atoms with Crippen molar-refractivity contribution in [3.05, 3.63) is 83.4 Å². The molecule has 0 saturated carbocycles. The first-order chi connectivity index (χ1) is 16.5. The average Bonchev–Trinajstić information content (AvgIpc) is 3.42. The first kappa shape index (κ1) is 22.2. The Morgan fingerprint density at radius 3 is 2.53 bits per heavy atom. The Balaban J connectivity index is 1.44. The Morgan fingerprint density at radius 1 is 1.03 bits per heavy atom. The lowest BCUT2D eigenvalue weighted by Crippen LogP contribution is -2.46. The van der Waals surface area contributed by atoms with Crippen LogP contribution in [0.5, 0.6) is 11.5 Å². The van der Waals surface area contributed by atoms with Crippen molar-refractivity contribution in [2.24, 2.45) is 0 Å². The minimum absolute atomic E-state index is 0.00260. The third-order valence-corrected chi connectivity index (χ3v) is 6.25. The second-order valence-electron chi connectivity index (χ2n) is 7.88. The first-order valence-electron chi connectivity index (χ1n) is 10.6. The van der Waals surface area contributed by atoms with Crippen molar-refractivity contribution >= 4 is 52.1 Å². The third kappa shape index (κ3) is 4.42. The van der Waals surface area contributed by atoms with E-state index in [1.54, 1.807) is 29.2 Å². The lowest BCUT2D eigenvalue weighted by atomic mass is 10.1. The van der Waals surface area contributed by atoms with E-state index in [1.807, 2.05) is 48.5 Å². The number of nitrogens with zero attached hydrogens (tertiary/aromatic N) is 2. The fourth-order valence-corrected chi connectivity index (χ4v) is 4.43. The molecule has 0 bridgehead atoms. The van der Waals surface area contributed by atoms with Crippen LogP contribution in [0.25, 0.3) is 0 Å². The van der Waals surface area contributed by atoms with Gasteiger partial charge < -0.3 is 19.7 Å². The van der Waals surface area contributed by atoms with Crippen LogP contribution in [0.3, 0.4) is 0 Å². The van der Waals surface area contributed by atoms with E-state index < -0.39 is 6.04 Å². The number of thiocarbonyl (C=S) groups is 1. The molecule has 0 unspecified atom stereocenters. The molecule has 5 rings (SSSR count). The van der Waals surface area contributed by atoms with Crippen molar-refractivity contribution in [3.63, 3.8) is 0 Å². The minimum atomic E-state index is -0.766. The second-order valence-corrected chi connectivity index (χ2v) is 8.70. The second kappa shape index (κ2) is 9.32. The van der Waals surface area contributed by atoms with Gasteiger partial charge >= 0.3 is 0 Å². The fourth-order valence-electron chi connectivity index (χ4n) is 4.00. The normalized spacial score (nSPS) is 16.6. The molecule has 3 aromatic rings. The zero-order valence-corrected chi connectivity index (χ0v) is 19.5. The molecule has 7 nitrogen and oxygen atoms in total. The Labute approximate surface area is 206 Å². The van der Waals surface area contributed by atoms with Gasteiger partial charge in [0.2, 0.25) is 12.7 Å². The van der Waals surface area contributed by atoms with Gasteiger partial charge in [-0.05, 0) is 66.3 Å². The zero-order chi connectivity index (χ0) is 23.7. The van der Waals surface area contributed by atoms with Crippen molar-refractivity contribution < 1.29 is 19.1 Å². The van der Waals surface area contributed by atoms with Crippen molar-refractivity contribution in [1.82, 2.24) is 4.90 Å². The number of hydrogen-bond acceptors (Lipinski definition) is 5. The monoisotopic (exact) mass is 493 g/mol. The molecule has 1 N–H and O–H groups in total. The summed E-state index contributed by atoms with van der Waals surface area (Å²) in [6.45, 7) is 0.468. The zero-order valence-electron chi connectivity index (χ0n) is 17.9. The number of carbonyl (C=O) groups is 2. The van der Waals surface area contributed by atoms with Crippen LogP contribution in [0.4, 0.5) is 11.4 Å². The number of halogens is 1. The summed E-state index contributed by atoms with van der Waals surface area (Å²) in [6, 6.07) is 20.9. The number of amides is 2. The van der Waals surface area contributed by atoms with Gasteiger partial charge in [-0.15, -0.1) is 0 Å². The molecule has 0 aliphatic carbocycles. The van der Waals surface area contributed by atoms with E-state index in [1.165, 1.54) is 4.90 Å². The van der Waals surface area contributed by atoms with Crippen LogP contribution in [0.2, 0.25) is 5.02 Å². The summed E-state index contributed by atoms with van der Waals surface area (Å²) < 4.78 is 10.9. The molecular formula is C25H20ClN3O4S. The van der Waals surface area contributed by atoms with E-state index in [2.05, 4.69) is 5.32 Å². The van der Waals surface area contributed by atoms with Gasteiger partial charge in [-0.2, -0.15) is 0 Å². The van der Waals surface area contributed by atoms with Crippen LogP contribution < -0.4 is 19.7 Å². The van der Waals surface area contributed by atoms with Gasteiger partial charge in [0.25, 0.3) is 5.91 Å². The molecule has 2 heterocycles. The molecule has 1 atom stereocenters. The summed E-state index contributed by atoms with van der Waals surface area (Å²) in [6.07, 6.45) is 0.00260. The summed E-state index contributed by atoms with van der Waals surface area (Å²) in [5.41, 5.74) is 2.13. The SMILES string of the molecule is O=C1C[C@H](N(Cc2ccc3c(c2)OCO3)C(=S)Nc2ccccc2)C(=O)N1c1ccc(Cl)cc1. The molecule has 0 aromatic heterocycles. The predicted octanol–water partition coefficient (Wildman–Crippen LogP) is 4.60. The van der Waals surface area contributed by atoms with Gasteiger partial charge in [0, 0.05) is 17.3 Å². The molecule has 0 spiro atoms. The number of ether oxygens (including phenoxy) is 2. The Morgan fingerprint density at radius 2 is 1.76 bits per heavy atom. The van der Waals surface area contributed by atoms with Gasteiger partial charge in [-0.25, -0.2) is 4.90 Å². The Hall–Kier alpha value is -3.62. The molecule has 1 fully saturated rings. The molecule has 34 heavy (non-hydrogen) atoms. The van der Waals surface area contributed by atoms with Crippen molar-refractivity contribution in [1.29, 1.82) is 0 Å². The lowest BCUT2D eigenvalue weighted by molar-refractivity contribution is -0.122. The van der Waals surface area contributed by atoms with Crippen LogP contribution in [0, 0.1) is 0 Å². The number of benzene rings is 3. The van der Waals surface area contributed by atoms with Crippen LogP contribution in [0.1, 0.15) is 12.0 Å². The van der Waals surface area contributed by atoms with Gasteiger partial charge in [0.05, 0.1) is 12.1 Å². The van der Waals surface area contributed by atoms with E-state index in [0.717, 1.165) is 11.3 Å². The lowest BCUT2D eigenvalue weighted by Gasteiger charge is -2.30. The number of carbonyl (C=O) groups excluding carboxylic acids is 2. The summed E-state index contributed by atoms with van der Waals surface area (Å²) >= 11 is 11.7. The quantitative estimate of drug-likeness (QED) is 0.411. The van der Waals surface area contributed by atoms with Crippen LogP contribution in [0.15, 0.2) is 72.8 Å². The number of fused-ring (bicyclic) bond motifs is 1. The number of para-hydroxylation sites is 1. The molecule has 172 valence electrons. The van der Waals surface area contributed by atoms with E-state index in [9.17, 15) is 9.59 Å².